The van der Waals surface area contributed by atoms with Crippen LogP contribution < -0.4 is 17.0 Å². The number of carbonyl (C=O) groups excluding carboxylic acids is 2. The minimum absolute atomic E-state index is 0.171. The van der Waals surface area contributed by atoms with E-state index in [2.05, 4.69) is 87.0 Å². The van der Waals surface area contributed by atoms with Crippen LogP contribution in [0.1, 0.15) is 76.6 Å². The number of ketones is 1. The fourth-order valence-electron chi connectivity index (χ4n) is 6.11. The largest absolute Gasteiger partial charge is 0.508 e. The third-order valence-corrected chi connectivity index (χ3v) is 8.52. The second kappa shape index (κ2) is 17.8. The summed E-state index contributed by atoms with van der Waals surface area (Å²) in [6.45, 7) is 11.6. The maximum atomic E-state index is 12.5. The molecule has 6 N–H and O–H groups in total. The van der Waals surface area contributed by atoms with Crippen molar-refractivity contribution in [1.29, 1.82) is 0 Å². The lowest BCUT2D eigenvalue weighted by Crippen LogP contribution is -2.22. The van der Waals surface area contributed by atoms with Crippen molar-refractivity contribution in [1.82, 2.24) is 14.9 Å². The summed E-state index contributed by atoms with van der Waals surface area (Å²) in [5.74, 6) is 5.70. The predicted molar refractivity (Wildman–Crippen MR) is 193 cm³/mol. The molecule has 0 bridgehead atoms. The molecule has 0 saturated heterocycles. The highest BCUT2D eigenvalue weighted by atomic mass is 16.5. The van der Waals surface area contributed by atoms with Crippen LogP contribution in [0.4, 0.5) is 0 Å². The van der Waals surface area contributed by atoms with Gasteiger partial charge in [-0.05, 0) is 107 Å². The van der Waals surface area contributed by atoms with Crippen LogP contribution in [0.3, 0.4) is 0 Å². The van der Waals surface area contributed by atoms with Gasteiger partial charge in [-0.15, -0.1) is 0 Å². The van der Waals surface area contributed by atoms with Gasteiger partial charge in [0.15, 0.2) is 0 Å². The van der Waals surface area contributed by atoms with Gasteiger partial charge in [-0.1, -0.05) is 37.6 Å². The first-order valence-electron chi connectivity index (χ1n) is 16.7. The van der Waals surface area contributed by atoms with Gasteiger partial charge in [-0.2, -0.15) is 0 Å². The highest BCUT2D eigenvalue weighted by Gasteiger charge is 2.27. The van der Waals surface area contributed by atoms with Gasteiger partial charge in [0, 0.05) is 60.6 Å². The van der Waals surface area contributed by atoms with E-state index in [1.165, 1.54) is 5.57 Å². The highest BCUT2D eigenvalue weighted by Crippen LogP contribution is 2.39. The fraction of sp³-hybridized carbons (Fsp3) is 0.474. The number of carbonyl (C=O) groups is 2. The number of ether oxygens (including phenoxy) is 1. The van der Waals surface area contributed by atoms with Crippen LogP contribution in [0.25, 0.3) is 27.6 Å². The molecule has 0 amide bonds. The number of hydrogen-bond donors (Lipinski definition) is 4. The van der Waals surface area contributed by atoms with Crippen molar-refractivity contribution in [2.24, 2.45) is 17.0 Å². The molecule has 0 saturated carbocycles. The molecule has 0 atom stereocenters. The quantitative estimate of drug-likeness (QED) is 0.0380. The van der Waals surface area contributed by atoms with E-state index in [0.717, 1.165) is 76.8 Å². The van der Waals surface area contributed by atoms with Gasteiger partial charge in [0.1, 0.15) is 11.5 Å². The van der Waals surface area contributed by atoms with Gasteiger partial charge in [0.2, 0.25) is 0 Å². The number of aromatic hydroxyl groups is 1. The average molecular weight is 646 g/mol. The summed E-state index contributed by atoms with van der Waals surface area (Å²) in [4.78, 5) is 25.8. The second-order valence-corrected chi connectivity index (χ2v) is 13.6. The van der Waals surface area contributed by atoms with E-state index >= 15 is 0 Å². The Hall–Kier alpha value is -3.92. The lowest BCUT2D eigenvalue weighted by atomic mass is 9.84. The van der Waals surface area contributed by atoms with Crippen molar-refractivity contribution in [3.05, 3.63) is 71.1 Å². The molecule has 1 heterocycles. The topological polar surface area (TPSA) is 136 Å². The minimum atomic E-state index is -0.340. The van der Waals surface area contributed by atoms with Crippen LogP contribution in [-0.2, 0) is 33.7 Å². The number of rotatable bonds is 20. The van der Waals surface area contributed by atoms with E-state index < -0.39 is 0 Å². The molecule has 0 aliphatic heterocycles. The normalized spacial score (nSPS) is 12.7. The van der Waals surface area contributed by atoms with Crippen LogP contribution in [0.5, 0.6) is 5.75 Å². The number of nitrogens with one attached hydrogen (secondary N) is 1. The van der Waals surface area contributed by atoms with Crippen LogP contribution in [0.2, 0.25) is 0 Å². The lowest BCUT2D eigenvalue weighted by Gasteiger charge is -2.24. The molecule has 256 valence electrons. The zero-order chi connectivity index (χ0) is 34.6. The maximum Gasteiger partial charge on any atom is 0.293 e. The number of phenolic OH excluding ortho intramolecular Hbond substituents is 1. The summed E-state index contributed by atoms with van der Waals surface area (Å²) >= 11 is 0. The van der Waals surface area contributed by atoms with Crippen LogP contribution in [-0.4, -0.2) is 60.6 Å². The Balaban J connectivity index is 2.10. The molecule has 0 unspecified atom stereocenters. The Kier molecular flexibility index (Phi) is 14.3. The first-order valence-corrected chi connectivity index (χ1v) is 16.7. The Bertz CT molecular complexity index is 1570. The molecule has 47 heavy (non-hydrogen) atoms. The summed E-state index contributed by atoms with van der Waals surface area (Å²) in [5, 5.41) is 11.8. The molecule has 0 radical (unpaired) electrons. The van der Waals surface area contributed by atoms with Crippen LogP contribution in [0, 0.1) is 5.41 Å². The molecule has 2 aromatic carbocycles. The van der Waals surface area contributed by atoms with E-state index in [1.807, 2.05) is 0 Å². The SMILES string of the molecule is CCn1c(C(/C=C(\C)CCN(C)C)=C/N)c(CC(C)(C)COC=O)c2cc(-c3cc(O)cc(CCC(=O)CCCCNN)c3)ccc21. The summed E-state index contributed by atoms with van der Waals surface area (Å²) in [6, 6.07) is 12.0. The standard InChI is InChI=1S/C38H55N5O4/c1-7-43-36-14-12-29(30-19-28(20-33(46)21-30)11-13-32(45)10-8-9-16-41-40)22-34(36)35(23-38(3,4)25-47-26-44)37(43)31(24-39)18-27(2)15-17-42(5)6/h12,14,18-22,24,26,41,46H,7-11,13,15-17,23,25,39-40H2,1-6H3/b27-18+,31-24+. The predicted octanol–water partition coefficient (Wildman–Crippen LogP) is 6.11. The van der Waals surface area contributed by atoms with Crippen molar-refractivity contribution in [3.8, 4) is 16.9 Å². The van der Waals surface area contributed by atoms with Crippen molar-refractivity contribution in [3.63, 3.8) is 0 Å². The van der Waals surface area contributed by atoms with Gasteiger partial charge in [0.25, 0.3) is 6.47 Å². The number of allylic oxidation sites excluding steroid dienone is 2. The van der Waals surface area contributed by atoms with Crippen molar-refractivity contribution in [2.45, 2.75) is 79.2 Å². The maximum absolute atomic E-state index is 12.5. The summed E-state index contributed by atoms with van der Waals surface area (Å²) < 4.78 is 7.56. The molecule has 0 aliphatic carbocycles. The Morgan fingerprint density at radius 2 is 1.85 bits per heavy atom. The van der Waals surface area contributed by atoms with Gasteiger partial charge < -0.3 is 25.0 Å². The lowest BCUT2D eigenvalue weighted by molar-refractivity contribution is -0.131. The third kappa shape index (κ3) is 10.8. The number of hydrogen-bond acceptors (Lipinski definition) is 8. The molecule has 0 aliphatic rings. The smallest absolute Gasteiger partial charge is 0.293 e. The highest BCUT2D eigenvalue weighted by molar-refractivity contribution is 5.95. The van der Waals surface area contributed by atoms with E-state index in [0.29, 0.717) is 38.7 Å². The van der Waals surface area contributed by atoms with Crippen LogP contribution >= 0.6 is 0 Å². The zero-order valence-corrected chi connectivity index (χ0v) is 29.2. The summed E-state index contributed by atoms with van der Waals surface area (Å²) in [5.41, 5.74) is 16.9. The van der Waals surface area contributed by atoms with E-state index in [9.17, 15) is 14.7 Å². The number of unbranched alkanes of at least 4 members (excludes halogenated alkanes) is 1. The Morgan fingerprint density at radius 3 is 2.51 bits per heavy atom. The number of nitrogens with two attached hydrogens (primary N) is 2. The monoisotopic (exact) mass is 645 g/mol. The number of aryl methyl sites for hydroxylation is 2. The second-order valence-electron chi connectivity index (χ2n) is 13.6. The number of phenols is 1. The molecule has 9 nitrogen and oxygen atoms in total. The molecule has 0 fully saturated rings. The van der Waals surface area contributed by atoms with Gasteiger partial charge in [0.05, 0.1) is 12.3 Å². The molecular weight excluding hydrogens is 590 g/mol. The summed E-state index contributed by atoms with van der Waals surface area (Å²) in [7, 11) is 4.14. The molecule has 3 aromatic rings. The van der Waals surface area contributed by atoms with Gasteiger partial charge >= 0.3 is 0 Å². The van der Waals surface area contributed by atoms with Crippen molar-refractivity contribution in [2.75, 3.05) is 33.8 Å². The molecular formula is C38H55N5O4. The van der Waals surface area contributed by atoms with E-state index in [1.54, 1.807) is 18.3 Å². The number of nitrogens with zero attached hydrogens (tertiary/aromatic N) is 2. The Morgan fingerprint density at radius 1 is 1.09 bits per heavy atom. The fourth-order valence-corrected chi connectivity index (χ4v) is 6.11. The van der Waals surface area contributed by atoms with E-state index in [-0.39, 0.29) is 23.6 Å². The molecule has 9 heteroatoms. The third-order valence-electron chi connectivity index (χ3n) is 8.52. The van der Waals surface area contributed by atoms with E-state index in [4.69, 9.17) is 16.3 Å². The van der Waals surface area contributed by atoms with Gasteiger partial charge in [-0.3, -0.25) is 20.9 Å². The molecule has 3 rings (SSSR count). The van der Waals surface area contributed by atoms with Gasteiger partial charge in [-0.25, -0.2) is 0 Å². The van der Waals surface area contributed by atoms with Crippen molar-refractivity contribution < 1.29 is 19.4 Å². The number of Topliss-reactive ketones (excluding diaryl/α,β-unsaturated/α-hetero) is 1. The first kappa shape index (κ1) is 37.5. The average Bonchev–Trinajstić information content (AvgIpc) is 3.33. The molecule has 1 aromatic heterocycles. The van der Waals surface area contributed by atoms with Crippen LogP contribution in [0.15, 0.2) is 54.2 Å². The number of hydrazine groups is 1. The summed E-state index contributed by atoms with van der Waals surface area (Å²) in [6.07, 6.45) is 8.64. The number of benzene rings is 2. The molecule has 0 spiro atoms. The first-order chi connectivity index (χ1) is 22.4. The number of fused-ring (bicyclic) bond motifs is 1. The Labute approximate surface area is 280 Å². The zero-order valence-electron chi connectivity index (χ0n) is 29.2. The minimum Gasteiger partial charge on any atom is -0.508 e. The number of aromatic nitrogens is 1. The van der Waals surface area contributed by atoms with Crippen molar-refractivity contribution >= 4 is 28.7 Å².